The zero-order valence-electron chi connectivity index (χ0n) is 8.64. The average Bonchev–Trinajstić information content (AvgIpc) is 2.97. The number of hydrogen-bond acceptors (Lipinski definition) is 3. The van der Waals surface area contributed by atoms with Crippen LogP contribution >= 0.6 is 11.3 Å². The van der Waals surface area contributed by atoms with Crippen LogP contribution in [0.3, 0.4) is 0 Å². The minimum atomic E-state index is 0.445. The van der Waals surface area contributed by atoms with E-state index in [2.05, 4.69) is 29.6 Å². The molecule has 3 heteroatoms. The molecular formula is C13H11NOS. The number of fused-ring (bicyclic) bond motifs is 1. The topological polar surface area (TPSA) is 39.2 Å². The van der Waals surface area contributed by atoms with Gasteiger partial charge in [-0.15, -0.1) is 11.3 Å². The maximum absolute atomic E-state index is 5.68. The maximum Gasteiger partial charge on any atom is 0.135 e. The second kappa shape index (κ2) is 3.77. The first kappa shape index (κ1) is 9.63. The first-order chi connectivity index (χ1) is 7.88. The van der Waals surface area contributed by atoms with Gasteiger partial charge in [-0.25, -0.2) is 0 Å². The van der Waals surface area contributed by atoms with Crippen LogP contribution in [0.5, 0.6) is 0 Å². The summed E-state index contributed by atoms with van der Waals surface area (Å²) in [4.78, 5) is 0. The molecule has 0 radical (unpaired) electrons. The van der Waals surface area contributed by atoms with Crippen molar-refractivity contribution in [1.29, 1.82) is 0 Å². The second-order valence-corrected chi connectivity index (χ2v) is 4.53. The summed E-state index contributed by atoms with van der Waals surface area (Å²) in [5.41, 5.74) is 6.69. The number of nitrogens with two attached hydrogens (primary N) is 1. The van der Waals surface area contributed by atoms with Crippen LogP contribution < -0.4 is 5.73 Å². The van der Waals surface area contributed by atoms with Gasteiger partial charge in [0.25, 0.3) is 0 Å². The van der Waals surface area contributed by atoms with E-state index in [-0.39, 0.29) is 0 Å². The summed E-state index contributed by atoms with van der Waals surface area (Å²) in [6.07, 6.45) is 0. The van der Waals surface area contributed by atoms with Crippen molar-refractivity contribution < 1.29 is 4.42 Å². The zero-order chi connectivity index (χ0) is 11.0. The number of furan rings is 1. The lowest BCUT2D eigenvalue weighted by Crippen LogP contribution is -1.92. The number of benzene rings is 1. The quantitative estimate of drug-likeness (QED) is 0.729. The molecule has 1 aromatic carbocycles. The molecule has 2 N–H and O–H groups in total. The summed E-state index contributed by atoms with van der Waals surface area (Å²) in [5.74, 6) is 1.72. The van der Waals surface area contributed by atoms with E-state index >= 15 is 0 Å². The Balaban J connectivity index is 2.21. The van der Waals surface area contributed by atoms with Gasteiger partial charge in [0, 0.05) is 10.3 Å². The molecular weight excluding hydrogens is 218 g/mol. The van der Waals surface area contributed by atoms with Crippen molar-refractivity contribution in [1.82, 2.24) is 0 Å². The Morgan fingerprint density at radius 1 is 1.12 bits per heavy atom. The Hall–Kier alpha value is -1.58. The SMILES string of the molecule is NCc1ccc(-c2cccc3ccsc23)o1. The van der Waals surface area contributed by atoms with E-state index in [1.54, 1.807) is 11.3 Å². The molecule has 2 heterocycles. The molecule has 2 nitrogen and oxygen atoms in total. The normalized spacial score (nSPS) is 11.1. The van der Waals surface area contributed by atoms with Crippen molar-refractivity contribution in [3.05, 3.63) is 47.5 Å². The van der Waals surface area contributed by atoms with E-state index in [9.17, 15) is 0 Å². The average molecular weight is 229 g/mol. The smallest absolute Gasteiger partial charge is 0.135 e. The van der Waals surface area contributed by atoms with Crippen molar-refractivity contribution in [2.45, 2.75) is 6.54 Å². The molecule has 80 valence electrons. The minimum Gasteiger partial charge on any atom is -0.460 e. The first-order valence-corrected chi connectivity index (χ1v) is 6.02. The maximum atomic E-state index is 5.68. The predicted molar refractivity (Wildman–Crippen MR) is 67.4 cm³/mol. The highest BCUT2D eigenvalue weighted by molar-refractivity contribution is 7.17. The van der Waals surface area contributed by atoms with Crippen LogP contribution in [-0.4, -0.2) is 0 Å². The van der Waals surface area contributed by atoms with Gasteiger partial charge in [0.1, 0.15) is 11.5 Å². The van der Waals surface area contributed by atoms with Gasteiger partial charge in [0.05, 0.1) is 6.54 Å². The Kier molecular flexibility index (Phi) is 2.27. The van der Waals surface area contributed by atoms with Gasteiger partial charge >= 0.3 is 0 Å². The highest BCUT2D eigenvalue weighted by atomic mass is 32.1. The van der Waals surface area contributed by atoms with E-state index in [4.69, 9.17) is 10.2 Å². The van der Waals surface area contributed by atoms with Crippen LogP contribution in [0, 0.1) is 0 Å². The molecule has 3 rings (SSSR count). The molecule has 0 spiro atoms. The molecule has 0 aliphatic rings. The van der Waals surface area contributed by atoms with Crippen molar-refractivity contribution in [3.8, 4) is 11.3 Å². The molecule has 0 unspecified atom stereocenters. The van der Waals surface area contributed by atoms with Crippen LogP contribution in [0.1, 0.15) is 5.76 Å². The standard InChI is InChI=1S/C13H11NOS/c14-8-10-4-5-12(15-10)11-3-1-2-9-6-7-16-13(9)11/h1-7H,8,14H2. The third kappa shape index (κ3) is 1.45. The number of rotatable bonds is 2. The Labute approximate surface area is 97.3 Å². The molecule has 0 bridgehead atoms. The van der Waals surface area contributed by atoms with Crippen LogP contribution in [0.15, 0.2) is 46.2 Å². The van der Waals surface area contributed by atoms with Crippen LogP contribution in [-0.2, 0) is 6.54 Å². The Bertz CT molecular complexity index is 623. The fourth-order valence-corrected chi connectivity index (χ4v) is 2.74. The monoisotopic (exact) mass is 229 g/mol. The molecule has 0 aliphatic heterocycles. The van der Waals surface area contributed by atoms with E-state index in [1.165, 1.54) is 10.1 Å². The predicted octanol–water partition coefficient (Wildman–Crippen LogP) is 3.62. The largest absolute Gasteiger partial charge is 0.460 e. The fourth-order valence-electron chi connectivity index (χ4n) is 1.82. The lowest BCUT2D eigenvalue weighted by molar-refractivity contribution is 0.526. The minimum absolute atomic E-state index is 0.445. The summed E-state index contributed by atoms with van der Waals surface area (Å²) < 4.78 is 6.94. The van der Waals surface area contributed by atoms with Gasteiger partial charge in [-0.2, -0.15) is 0 Å². The summed E-state index contributed by atoms with van der Waals surface area (Å²) in [6, 6.07) is 12.3. The highest BCUT2D eigenvalue weighted by Gasteiger charge is 2.08. The first-order valence-electron chi connectivity index (χ1n) is 5.14. The zero-order valence-corrected chi connectivity index (χ0v) is 9.46. The summed E-state index contributed by atoms with van der Waals surface area (Å²) in [6.45, 7) is 0.445. The van der Waals surface area contributed by atoms with Crippen molar-refractivity contribution in [2.24, 2.45) is 5.73 Å². The Morgan fingerprint density at radius 2 is 2.06 bits per heavy atom. The molecule has 0 saturated carbocycles. The molecule has 0 aliphatic carbocycles. The van der Waals surface area contributed by atoms with Gasteiger partial charge in [0.2, 0.25) is 0 Å². The second-order valence-electron chi connectivity index (χ2n) is 3.61. The van der Waals surface area contributed by atoms with Crippen molar-refractivity contribution in [3.63, 3.8) is 0 Å². The summed E-state index contributed by atoms with van der Waals surface area (Å²) >= 11 is 1.73. The van der Waals surface area contributed by atoms with Gasteiger partial charge in [0.15, 0.2) is 0 Å². The Morgan fingerprint density at radius 3 is 2.88 bits per heavy atom. The van der Waals surface area contributed by atoms with E-state index < -0.39 is 0 Å². The molecule has 0 amide bonds. The van der Waals surface area contributed by atoms with Gasteiger partial charge in [-0.3, -0.25) is 0 Å². The molecule has 0 saturated heterocycles. The third-order valence-corrected chi connectivity index (χ3v) is 3.57. The summed E-state index contributed by atoms with van der Waals surface area (Å²) in [5, 5.41) is 3.36. The number of thiophene rings is 1. The molecule has 3 aromatic rings. The van der Waals surface area contributed by atoms with Gasteiger partial charge in [-0.1, -0.05) is 12.1 Å². The van der Waals surface area contributed by atoms with Crippen LogP contribution in [0.4, 0.5) is 0 Å². The fraction of sp³-hybridized carbons (Fsp3) is 0.0769. The molecule has 0 atom stereocenters. The van der Waals surface area contributed by atoms with Gasteiger partial charge < -0.3 is 10.2 Å². The molecule has 2 aromatic heterocycles. The third-order valence-electron chi connectivity index (χ3n) is 2.61. The lowest BCUT2D eigenvalue weighted by Gasteiger charge is -1.99. The lowest BCUT2D eigenvalue weighted by atomic mass is 10.1. The van der Waals surface area contributed by atoms with E-state index in [0.717, 1.165) is 17.1 Å². The molecule has 0 fully saturated rings. The summed E-state index contributed by atoms with van der Waals surface area (Å²) in [7, 11) is 0. The molecule has 16 heavy (non-hydrogen) atoms. The van der Waals surface area contributed by atoms with Crippen LogP contribution in [0.25, 0.3) is 21.4 Å². The number of hydrogen-bond donors (Lipinski definition) is 1. The van der Waals surface area contributed by atoms with Crippen molar-refractivity contribution >= 4 is 21.4 Å². The van der Waals surface area contributed by atoms with E-state index in [0.29, 0.717) is 6.54 Å². The van der Waals surface area contributed by atoms with Gasteiger partial charge in [-0.05, 0) is 35.0 Å². The highest BCUT2D eigenvalue weighted by Crippen LogP contribution is 2.33. The van der Waals surface area contributed by atoms with Crippen molar-refractivity contribution in [2.75, 3.05) is 0 Å². The van der Waals surface area contributed by atoms with E-state index in [1.807, 2.05) is 12.1 Å². The van der Waals surface area contributed by atoms with Crippen LogP contribution in [0.2, 0.25) is 0 Å².